The van der Waals surface area contributed by atoms with Gasteiger partial charge in [-0.3, -0.25) is 24.6 Å². The minimum absolute atomic E-state index is 0.0640. The number of nitrogens with one attached hydrogen (secondary N) is 2. The van der Waals surface area contributed by atoms with Crippen LogP contribution in [-0.2, 0) is 19.1 Å². The van der Waals surface area contributed by atoms with Crippen LogP contribution in [-0.4, -0.2) is 55.6 Å². The molecule has 0 aliphatic rings. The predicted octanol–water partition coefficient (Wildman–Crippen LogP) is 1.91. The van der Waals surface area contributed by atoms with Crippen LogP contribution in [0.1, 0.15) is 60.8 Å². The smallest absolute Gasteiger partial charge is 0.230 e. The Bertz CT molecular complexity index is 450. The van der Waals surface area contributed by atoms with Crippen molar-refractivity contribution in [1.82, 2.24) is 15.5 Å². The van der Waals surface area contributed by atoms with Crippen molar-refractivity contribution in [3.63, 3.8) is 0 Å². The van der Waals surface area contributed by atoms with Crippen LogP contribution in [0.25, 0.3) is 0 Å². The first-order valence-corrected chi connectivity index (χ1v) is 9.38. The summed E-state index contributed by atoms with van der Waals surface area (Å²) in [5, 5.41) is 5.87. The summed E-state index contributed by atoms with van der Waals surface area (Å²) in [6.45, 7) is 12.4. The molecule has 7 heteroatoms. The van der Waals surface area contributed by atoms with Crippen molar-refractivity contribution in [2.75, 3.05) is 20.2 Å². The number of imide groups is 1. The second kappa shape index (κ2) is 12.0. The highest BCUT2D eigenvalue weighted by Crippen LogP contribution is 2.20. The number of hydrogen-bond acceptors (Lipinski definition) is 5. The lowest BCUT2D eigenvalue weighted by atomic mass is 9.88. The maximum absolute atomic E-state index is 12.4. The lowest BCUT2D eigenvalue weighted by Gasteiger charge is -2.28. The summed E-state index contributed by atoms with van der Waals surface area (Å²) in [5.74, 6) is -0.103. The molecule has 0 aliphatic heterocycles. The quantitative estimate of drug-likeness (QED) is 0.381. The molecule has 1 atom stereocenters. The number of carbonyl (C=O) groups excluding carboxylic acids is 3. The fraction of sp³-hybridized carbons (Fsp3) is 0.842. The van der Waals surface area contributed by atoms with E-state index in [1.165, 1.54) is 4.90 Å². The third-order valence-electron chi connectivity index (χ3n) is 4.15. The van der Waals surface area contributed by atoms with Crippen LogP contribution in [0, 0.1) is 11.3 Å². The fourth-order valence-electron chi connectivity index (χ4n) is 2.41. The highest BCUT2D eigenvalue weighted by Gasteiger charge is 2.28. The number of amides is 3. The molecule has 0 heterocycles. The van der Waals surface area contributed by atoms with Gasteiger partial charge in [0.15, 0.2) is 0 Å². The van der Waals surface area contributed by atoms with E-state index in [2.05, 4.69) is 10.6 Å². The number of nitrogens with zero attached hydrogens (tertiary/aromatic N) is 1. The van der Waals surface area contributed by atoms with Crippen LogP contribution < -0.4 is 10.6 Å². The van der Waals surface area contributed by atoms with Gasteiger partial charge in [-0.15, -0.1) is 0 Å². The Kier molecular flexibility index (Phi) is 11.3. The minimum atomic E-state index is -0.540. The molecule has 0 spiro atoms. The van der Waals surface area contributed by atoms with Crippen molar-refractivity contribution in [1.29, 1.82) is 0 Å². The Labute approximate surface area is 158 Å². The average Bonchev–Trinajstić information content (AvgIpc) is 2.52. The van der Waals surface area contributed by atoms with Gasteiger partial charge >= 0.3 is 0 Å². The topological polar surface area (TPSA) is 87.7 Å². The van der Waals surface area contributed by atoms with Gasteiger partial charge in [-0.25, -0.2) is 0 Å². The summed E-state index contributed by atoms with van der Waals surface area (Å²) in [6, 6.07) is 0. The maximum Gasteiger partial charge on any atom is 0.230 e. The van der Waals surface area contributed by atoms with Crippen molar-refractivity contribution >= 4 is 18.2 Å². The van der Waals surface area contributed by atoms with Crippen molar-refractivity contribution in [2.24, 2.45) is 11.3 Å². The zero-order valence-electron chi connectivity index (χ0n) is 17.4. The van der Waals surface area contributed by atoms with Crippen LogP contribution in [0.5, 0.6) is 0 Å². The Balaban J connectivity index is 4.53. The van der Waals surface area contributed by atoms with E-state index in [1.54, 1.807) is 7.05 Å². The van der Waals surface area contributed by atoms with E-state index in [0.717, 1.165) is 0 Å². The van der Waals surface area contributed by atoms with Gasteiger partial charge in [-0.1, -0.05) is 27.7 Å². The highest BCUT2D eigenvalue weighted by molar-refractivity contribution is 5.86. The Morgan fingerprint density at radius 2 is 1.81 bits per heavy atom. The Morgan fingerprint density at radius 1 is 1.19 bits per heavy atom. The van der Waals surface area contributed by atoms with E-state index in [-0.39, 0.29) is 23.8 Å². The van der Waals surface area contributed by atoms with Crippen LogP contribution in [0.2, 0.25) is 0 Å². The molecule has 0 fully saturated rings. The molecule has 0 bridgehead atoms. The molecule has 3 amide bonds. The molecule has 2 N–H and O–H groups in total. The number of rotatable bonds is 13. The molecule has 7 nitrogen and oxygen atoms in total. The summed E-state index contributed by atoms with van der Waals surface area (Å²) in [6.07, 6.45) is 1.64. The van der Waals surface area contributed by atoms with Crippen molar-refractivity contribution < 1.29 is 19.1 Å². The van der Waals surface area contributed by atoms with Crippen molar-refractivity contribution in [3.05, 3.63) is 0 Å². The summed E-state index contributed by atoms with van der Waals surface area (Å²) >= 11 is 0. The highest BCUT2D eigenvalue weighted by atomic mass is 16.5. The van der Waals surface area contributed by atoms with E-state index >= 15 is 0 Å². The van der Waals surface area contributed by atoms with Gasteiger partial charge in [0.2, 0.25) is 18.2 Å². The molecule has 0 saturated heterocycles. The molecule has 0 aromatic rings. The second-order valence-electron chi connectivity index (χ2n) is 7.91. The Morgan fingerprint density at radius 3 is 2.27 bits per heavy atom. The first kappa shape index (κ1) is 24.5. The van der Waals surface area contributed by atoms with Gasteiger partial charge in [-0.05, 0) is 39.7 Å². The predicted molar refractivity (Wildman–Crippen MR) is 102 cm³/mol. The molecule has 1 unspecified atom stereocenters. The monoisotopic (exact) mass is 371 g/mol. The molecule has 0 aliphatic carbocycles. The summed E-state index contributed by atoms with van der Waals surface area (Å²) in [4.78, 5) is 37.1. The van der Waals surface area contributed by atoms with E-state index in [0.29, 0.717) is 38.8 Å². The molecule has 0 rings (SSSR count). The summed E-state index contributed by atoms with van der Waals surface area (Å²) in [7, 11) is 1.69. The molecular formula is C19H37N3O4. The van der Waals surface area contributed by atoms with Gasteiger partial charge in [0.05, 0.1) is 12.3 Å². The summed E-state index contributed by atoms with van der Waals surface area (Å²) < 4.78 is 5.52. The number of hydrogen-bond donors (Lipinski definition) is 2. The molecule has 0 radical (unpaired) electrons. The molecular weight excluding hydrogens is 334 g/mol. The van der Waals surface area contributed by atoms with E-state index in [4.69, 9.17) is 4.74 Å². The number of ether oxygens (including phenoxy) is 1. The van der Waals surface area contributed by atoms with Crippen molar-refractivity contribution in [2.45, 2.75) is 73.1 Å². The molecule has 26 heavy (non-hydrogen) atoms. The average molecular weight is 372 g/mol. The first-order chi connectivity index (χ1) is 12.0. The number of carbonyl (C=O) groups is 3. The molecule has 0 aromatic heterocycles. The van der Waals surface area contributed by atoms with E-state index in [9.17, 15) is 14.4 Å². The van der Waals surface area contributed by atoms with Crippen LogP contribution in [0.3, 0.4) is 0 Å². The third kappa shape index (κ3) is 9.29. The molecule has 0 aromatic carbocycles. The standard InChI is InChI=1S/C19H37N3O4/c1-14(2)12-17(24)22(13-23)16(20-7)8-10-21-18(25)19(5,6)9-11-26-15(3)4/h13-16,20H,8-12H2,1-7H3,(H,21,25). The van der Waals surface area contributed by atoms with E-state index in [1.807, 2.05) is 41.5 Å². The lowest BCUT2D eigenvalue weighted by molar-refractivity contribution is -0.142. The van der Waals surface area contributed by atoms with Gasteiger partial charge in [-0.2, -0.15) is 0 Å². The molecule has 0 saturated carbocycles. The fourth-order valence-corrected chi connectivity index (χ4v) is 2.41. The first-order valence-electron chi connectivity index (χ1n) is 9.38. The largest absolute Gasteiger partial charge is 0.379 e. The van der Waals surface area contributed by atoms with E-state index < -0.39 is 11.6 Å². The molecule has 152 valence electrons. The zero-order valence-corrected chi connectivity index (χ0v) is 17.4. The SMILES string of the molecule is CNC(CCNC(=O)C(C)(C)CCOC(C)C)N(C=O)C(=O)CC(C)C. The third-order valence-corrected chi connectivity index (χ3v) is 4.15. The maximum atomic E-state index is 12.4. The van der Waals surface area contributed by atoms with Gasteiger partial charge in [0.1, 0.15) is 0 Å². The van der Waals surface area contributed by atoms with Crippen LogP contribution in [0.4, 0.5) is 0 Å². The van der Waals surface area contributed by atoms with Crippen molar-refractivity contribution in [3.8, 4) is 0 Å². The minimum Gasteiger partial charge on any atom is -0.379 e. The van der Waals surface area contributed by atoms with Gasteiger partial charge in [0.25, 0.3) is 0 Å². The van der Waals surface area contributed by atoms with Crippen LogP contribution >= 0.6 is 0 Å². The summed E-state index contributed by atoms with van der Waals surface area (Å²) in [5.41, 5.74) is -0.540. The Hall–Kier alpha value is -1.47. The van der Waals surface area contributed by atoms with Gasteiger partial charge < -0.3 is 10.1 Å². The van der Waals surface area contributed by atoms with Crippen LogP contribution in [0.15, 0.2) is 0 Å². The normalized spacial score (nSPS) is 13.0. The lowest BCUT2D eigenvalue weighted by Crippen LogP contribution is -2.49. The van der Waals surface area contributed by atoms with Gasteiger partial charge in [0, 0.05) is 25.0 Å². The second-order valence-corrected chi connectivity index (χ2v) is 7.91. The zero-order chi connectivity index (χ0) is 20.3.